The molecule has 3 aromatic rings. The van der Waals surface area contributed by atoms with Crippen LogP contribution in [0.1, 0.15) is 30.7 Å². The van der Waals surface area contributed by atoms with Crippen molar-refractivity contribution in [1.82, 2.24) is 24.6 Å². The summed E-state index contributed by atoms with van der Waals surface area (Å²) in [5.74, 6) is 2.12. The summed E-state index contributed by atoms with van der Waals surface area (Å²) < 4.78 is 1.72. The van der Waals surface area contributed by atoms with Crippen LogP contribution in [0.15, 0.2) is 34.2 Å². The highest BCUT2D eigenvalue weighted by molar-refractivity contribution is 5.63. The molecule has 0 radical (unpaired) electrons. The number of aromatic amines is 2. The van der Waals surface area contributed by atoms with Crippen molar-refractivity contribution in [3.63, 3.8) is 0 Å². The lowest BCUT2D eigenvalue weighted by molar-refractivity contribution is 0.689. The number of rotatable bonds is 3. The molecule has 23 heavy (non-hydrogen) atoms. The molecule has 2 N–H and O–H groups in total. The van der Waals surface area contributed by atoms with Crippen LogP contribution in [0.5, 0.6) is 0 Å². The highest BCUT2D eigenvalue weighted by atomic mass is 16.2. The summed E-state index contributed by atoms with van der Waals surface area (Å²) in [6.07, 6.45) is 8.80. The van der Waals surface area contributed by atoms with E-state index in [1.165, 1.54) is 25.5 Å². The minimum atomic E-state index is -0.515. The molecule has 2 atom stereocenters. The third-order valence-electron chi connectivity index (χ3n) is 4.95. The zero-order chi connectivity index (χ0) is 15.6. The van der Waals surface area contributed by atoms with Crippen molar-refractivity contribution in [1.29, 1.82) is 0 Å². The molecule has 0 saturated heterocycles. The van der Waals surface area contributed by atoms with Gasteiger partial charge in [0.05, 0.1) is 11.3 Å². The Balaban J connectivity index is 1.67. The molecule has 0 amide bonds. The second-order valence-electron chi connectivity index (χ2n) is 6.51. The zero-order valence-electron chi connectivity index (χ0n) is 12.3. The lowest BCUT2D eigenvalue weighted by atomic mass is 10.1. The Hall–Kier alpha value is -2.70. The van der Waals surface area contributed by atoms with E-state index in [1.54, 1.807) is 16.9 Å². The third kappa shape index (κ3) is 2.03. The van der Waals surface area contributed by atoms with Crippen LogP contribution >= 0.6 is 0 Å². The van der Waals surface area contributed by atoms with Gasteiger partial charge in [-0.25, -0.2) is 14.3 Å². The number of hydrogen-bond acceptors (Lipinski definition) is 4. The van der Waals surface area contributed by atoms with Gasteiger partial charge in [0.1, 0.15) is 0 Å². The summed E-state index contributed by atoms with van der Waals surface area (Å²) >= 11 is 0. The monoisotopic (exact) mass is 309 g/mol. The molecule has 3 heterocycles. The zero-order valence-corrected chi connectivity index (χ0v) is 12.3. The third-order valence-corrected chi connectivity index (χ3v) is 4.95. The standard InChI is InChI=1S/C16H15N5O2/c22-15-12(7-18-16(23)19-15)13-6-11(10-5-9(10)8-1-2-8)14-17-3-4-21(14)20-13/h3-4,6-10H,1-2,5H2,(H2,18,19,22,23)/t9?,10-/m1/s1. The molecule has 2 fully saturated rings. The number of H-pyrrole nitrogens is 2. The van der Waals surface area contributed by atoms with Crippen LogP contribution in [0.25, 0.3) is 16.9 Å². The fourth-order valence-corrected chi connectivity index (χ4v) is 3.56. The molecule has 2 aliphatic carbocycles. The average molecular weight is 309 g/mol. The van der Waals surface area contributed by atoms with E-state index in [1.807, 2.05) is 6.07 Å². The highest BCUT2D eigenvalue weighted by Gasteiger charge is 2.49. The van der Waals surface area contributed by atoms with Gasteiger partial charge >= 0.3 is 5.69 Å². The lowest BCUT2D eigenvalue weighted by Gasteiger charge is -2.07. The Bertz CT molecular complexity index is 1030. The first-order chi connectivity index (χ1) is 11.2. The van der Waals surface area contributed by atoms with Crippen molar-refractivity contribution < 1.29 is 0 Å². The SMILES string of the molecule is O=c1[nH]cc(-c2cc([C@@H]3CC3C3CC3)c3nccn3n2)c(=O)[nH]1. The van der Waals surface area contributed by atoms with E-state index in [4.69, 9.17) is 0 Å². The van der Waals surface area contributed by atoms with Crippen molar-refractivity contribution >= 4 is 5.65 Å². The molecule has 7 heteroatoms. The Morgan fingerprint density at radius 1 is 1.26 bits per heavy atom. The molecule has 1 unspecified atom stereocenters. The predicted molar refractivity (Wildman–Crippen MR) is 83.2 cm³/mol. The molecule has 2 saturated carbocycles. The Labute approximate surface area is 130 Å². The van der Waals surface area contributed by atoms with E-state index < -0.39 is 11.2 Å². The quantitative estimate of drug-likeness (QED) is 0.762. The average Bonchev–Trinajstić information content (AvgIpc) is 3.42. The molecule has 116 valence electrons. The van der Waals surface area contributed by atoms with Crippen molar-refractivity contribution in [3.05, 3.63) is 51.1 Å². The van der Waals surface area contributed by atoms with Gasteiger partial charge in [-0.1, -0.05) is 0 Å². The van der Waals surface area contributed by atoms with Crippen LogP contribution in [-0.2, 0) is 0 Å². The van der Waals surface area contributed by atoms with Crippen molar-refractivity contribution in [2.45, 2.75) is 25.2 Å². The minimum absolute atomic E-state index is 0.366. The number of nitrogens with one attached hydrogen (secondary N) is 2. The fraction of sp³-hybridized carbons (Fsp3) is 0.375. The van der Waals surface area contributed by atoms with Crippen molar-refractivity contribution in [3.8, 4) is 11.3 Å². The maximum absolute atomic E-state index is 12.1. The Morgan fingerprint density at radius 3 is 2.91 bits per heavy atom. The summed E-state index contributed by atoms with van der Waals surface area (Å²) in [6, 6.07) is 1.96. The predicted octanol–water partition coefficient (Wildman–Crippen LogP) is 1.29. The second kappa shape index (κ2) is 4.41. The Kier molecular flexibility index (Phi) is 2.45. The van der Waals surface area contributed by atoms with Gasteiger partial charge < -0.3 is 4.98 Å². The molecule has 7 nitrogen and oxygen atoms in total. The second-order valence-corrected chi connectivity index (χ2v) is 6.51. The molecule has 0 bridgehead atoms. The number of aromatic nitrogens is 5. The molecule has 2 aliphatic rings. The first kappa shape index (κ1) is 12.8. The summed E-state index contributed by atoms with van der Waals surface area (Å²) in [6.45, 7) is 0. The van der Waals surface area contributed by atoms with Gasteiger partial charge in [0, 0.05) is 24.2 Å². The molecule has 3 aromatic heterocycles. The van der Waals surface area contributed by atoms with Gasteiger partial charge in [0.15, 0.2) is 5.65 Å². The van der Waals surface area contributed by atoms with Gasteiger partial charge in [0.2, 0.25) is 0 Å². The van der Waals surface area contributed by atoms with Crippen molar-refractivity contribution in [2.75, 3.05) is 0 Å². The lowest BCUT2D eigenvalue weighted by Crippen LogP contribution is -2.23. The van der Waals surface area contributed by atoms with Gasteiger partial charge in [-0.3, -0.25) is 9.78 Å². The summed E-state index contributed by atoms with van der Waals surface area (Å²) in [7, 11) is 0. The van der Waals surface area contributed by atoms with Crippen LogP contribution in [0.2, 0.25) is 0 Å². The van der Waals surface area contributed by atoms with E-state index in [9.17, 15) is 9.59 Å². The first-order valence-electron chi connectivity index (χ1n) is 7.87. The van der Waals surface area contributed by atoms with Crippen LogP contribution in [-0.4, -0.2) is 24.6 Å². The maximum atomic E-state index is 12.1. The molecule has 0 aliphatic heterocycles. The van der Waals surface area contributed by atoms with Gasteiger partial charge in [-0.2, -0.15) is 5.10 Å². The van der Waals surface area contributed by atoms with E-state index in [-0.39, 0.29) is 0 Å². The smallest absolute Gasteiger partial charge is 0.313 e. The number of fused-ring (bicyclic) bond motifs is 1. The topological polar surface area (TPSA) is 95.9 Å². The van der Waals surface area contributed by atoms with Crippen LogP contribution in [0.3, 0.4) is 0 Å². The molecular weight excluding hydrogens is 294 g/mol. The molecule has 0 spiro atoms. The molecule has 0 aromatic carbocycles. The summed E-state index contributed by atoms with van der Waals surface area (Å²) in [5, 5.41) is 4.46. The van der Waals surface area contributed by atoms with Gasteiger partial charge in [-0.05, 0) is 43.1 Å². The fourth-order valence-electron chi connectivity index (χ4n) is 3.56. The number of nitrogens with zero attached hydrogens (tertiary/aromatic N) is 3. The summed E-state index contributed by atoms with van der Waals surface area (Å²) in [5.41, 5.74) is 2.00. The van der Waals surface area contributed by atoms with Gasteiger partial charge in [0.25, 0.3) is 5.56 Å². The first-order valence-corrected chi connectivity index (χ1v) is 7.87. The number of imidazole rings is 1. The van der Waals surface area contributed by atoms with Crippen LogP contribution < -0.4 is 11.2 Å². The van der Waals surface area contributed by atoms with E-state index >= 15 is 0 Å². The number of hydrogen-bond donors (Lipinski definition) is 2. The van der Waals surface area contributed by atoms with E-state index in [0.717, 1.165) is 23.0 Å². The largest absolute Gasteiger partial charge is 0.325 e. The summed E-state index contributed by atoms with van der Waals surface area (Å²) in [4.78, 5) is 32.4. The Morgan fingerprint density at radius 2 is 2.13 bits per heavy atom. The molecule has 5 rings (SSSR count). The van der Waals surface area contributed by atoms with E-state index in [0.29, 0.717) is 17.2 Å². The van der Waals surface area contributed by atoms with Crippen LogP contribution in [0.4, 0.5) is 0 Å². The highest BCUT2D eigenvalue weighted by Crippen LogP contribution is 2.59. The van der Waals surface area contributed by atoms with Crippen molar-refractivity contribution in [2.24, 2.45) is 11.8 Å². The van der Waals surface area contributed by atoms with E-state index in [2.05, 4.69) is 20.1 Å². The molecular formula is C16H15N5O2. The minimum Gasteiger partial charge on any atom is -0.313 e. The maximum Gasteiger partial charge on any atom is 0.325 e. The van der Waals surface area contributed by atoms with Gasteiger partial charge in [-0.15, -0.1) is 0 Å². The normalized spacial score (nSPS) is 23.3. The van der Waals surface area contributed by atoms with Crippen LogP contribution in [0, 0.1) is 11.8 Å².